The molecule has 6 nitrogen and oxygen atoms in total. The Labute approximate surface area is 139 Å². The van der Waals surface area contributed by atoms with E-state index in [1.807, 2.05) is 4.23 Å². The summed E-state index contributed by atoms with van der Waals surface area (Å²) in [5, 5.41) is 11.4. The van der Waals surface area contributed by atoms with E-state index in [4.69, 9.17) is 4.74 Å². The Hall–Kier alpha value is -1.63. The molecular formula is C16H28N2O4Si. The molecule has 0 amide bonds. The van der Waals surface area contributed by atoms with E-state index in [0.717, 1.165) is 0 Å². The lowest BCUT2D eigenvalue weighted by atomic mass is 10.4. The molecule has 7 heteroatoms. The maximum absolute atomic E-state index is 12.4. The van der Waals surface area contributed by atoms with Crippen molar-refractivity contribution in [2.75, 3.05) is 6.61 Å². The molecule has 1 heterocycles. The minimum absolute atomic E-state index is 0.0969. The second kappa shape index (κ2) is 7.29. The number of hydrogen-bond donors (Lipinski definition) is 0. The number of nitro groups is 1. The molecule has 23 heavy (non-hydrogen) atoms. The average molecular weight is 340 g/mol. The number of carbonyl (C=O) groups is 1. The minimum atomic E-state index is -2.25. The summed E-state index contributed by atoms with van der Waals surface area (Å²) in [6.07, 6.45) is 1.72. The Bertz CT molecular complexity index is 557. The van der Waals surface area contributed by atoms with Crippen LogP contribution in [0.2, 0.25) is 16.6 Å². The van der Waals surface area contributed by atoms with Gasteiger partial charge >= 0.3 is 11.7 Å². The van der Waals surface area contributed by atoms with Crippen molar-refractivity contribution in [3.8, 4) is 0 Å². The summed E-state index contributed by atoms with van der Waals surface area (Å²) in [5.74, 6) is -0.608. The summed E-state index contributed by atoms with van der Waals surface area (Å²) in [6, 6.07) is 1.43. The van der Waals surface area contributed by atoms with Gasteiger partial charge in [-0.2, -0.15) is 0 Å². The van der Waals surface area contributed by atoms with Gasteiger partial charge in [-0.15, -0.1) is 0 Å². The van der Waals surface area contributed by atoms with Gasteiger partial charge in [0.25, 0.3) is 0 Å². The van der Waals surface area contributed by atoms with Gasteiger partial charge in [0, 0.05) is 12.3 Å². The first kappa shape index (κ1) is 19.4. The standard InChI is InChI=1S/C16H28N2O4Si/c1-8-22-16(19)15-14(18(20)21)9-10-17(15)23(11(2)3,12(4)5)13(6)7/h9-13H,8H2,1-7H3. The molecule has 1 rings (SSSR count). The Kier molecular flexibility index (Phi) is 6.15. The van der Waals surface area contributed by atoms with E-state index >= 15 is 0 Å². The second-order valence-electron chi connectivity index (χ2n) is 6.75. The first-order valence-corrected chi connectivity index (χ1v) is 10.3. The highest BCUT2D eigenvalue weighted by atomic mass is 28.3. The Morgan fingerprint density at radius 2 is 1.70 bits per heavy atom. The molecule has 0 N–H and O–H groups in total. The molecule has 1 aromatic heterocycles. The van der Waals surface area contributed by atoms with Gasteiger partial charge in [-0.05, 0) is 23.5 Å². The Morgan fingerprint density at radius 1 is 1.22 bits per heavy atom. The van der Waals surface area contributed by atoms with Gasteiger partial charge < -0.3 is 8.97 Å². The third-order valence-electron chi connectivity index (χ3n) is 4.72. The summed E-state index contributed by atoms with van der Waals surface area (Å²) >= 11 is 0. The molecule has 0 saturated carbocycles. The van der Waals surface area contributed by atoms with Crippen molar-refractivity contribution < 1.29 is 14.5 Å². The average Bonchev–Trinajstić information content (AvgIpc) is 2.83. The molecule has 1 aromatic rings. The maximum Gasteiger partial charge on any atom is 0.361 e. The highest BCUT2D eigenvalue weighted by Gasteiger charge is 2.48. The first-order valence-electron chi connectivity index (χ1n) is 8.15. The van der Waals surface area contributed by atoms with Crippen LogP contribution < -0.4 is 0 Å². The van der Waals surface area contributed by atoms with E-state index < -0.39 is 19.1 Å². The van der Waals surface area contributed by atoms with Gasteiger partial charge in [0.15, 0.2) is 13.9 Å². The fraction of sp³-hybridized carbons (Fsp3) is 0.688. The predicted octanol–water partition coefficient (Wildman–Crippen LogP) is 4.60. The molecule has 0 aromatic carbocycles. The van der Waals surface area contributed by atoms with Crippen LogP contribution >= 0.6 is 0 Å². The SMILES string of the molecule is CCOC(=O)c1c([N+](=O)[O-])ccn1[Si](C(C)C)(C(C)C)C(C)C. The van der Waals surface area contributed by atoms with Crippen LogP contribution in [0.4, 0.5) is 5.69 Å². The van der Waals surface area contributed by atoms with Crippen molar-refractivity contribution in [2.24, 2.45) is 0 Å². The molecule has 0 atom stereocenters. The lowest BCUT2D eigenvalue weighted by Gasteiger charge is -2.44. The zero-order valence-corrected chi connectivity index (χ0v) is 16.1. The molecule has 0 fully saturated rings. The molecule has 0 bridgehead atoms. The second-order valence-corrected chi connectivity index (χ2v) is 12.5. The molecule has 130 valence electrons. The highest BCUT2D eigenvalue weighted by molar-refractivity contribution is 6.82. The van der Waals surface area contributed by atoms with Crippen molar-refractivity contribution in [3.63, 3.8) is 0 Å². The quantitative estimate of drug-likeness (QED) is 0.315. The third kappa shape index (κ3) is 3.20. The smallest absolute Gasteiger partial charge is 0.361 e. The Balaban J connectivity index is 3.74. The maximum atomic E-state index is 12.4. The number of carbonyl (C=O) groups excluding carboxylic acids is 1. The topological polar surface area (TPSA) is 74.4 Å². The van der Waals surface area contributed by atoms with E-state index in [2.05, 4.69) is 41.5 Å². The number of aromatic nitrogens is 1. The summed E-state index contributed by atoms with van der Waals surface area (Å²) < 4.78 is 7.03. The van der Waals surface area contributed by atoms with Crippen LogP contribution in [0.3, 0.4) is 0 Å². The fourth-order valence-electron chi connectivity index (χ4n) is 4.13. The number of nitrogens with zero attached hydrogens (tertiary/aromatic N) is 2. The van der Waals surface area contributed by atoms with E-state index in [1.165, 1.54) is 6.07 Å². The van der Waals surface area contributed by atoms with Gasteiger partial charge in [0.2, 0.25) is 0 Å². The van der Waals surface area contributed by atoms with E-state index in [0.29, 0.717) is 16.6 Å². The van der Waals surface area contributed by atoms with Crippen LogP contribution in [0.25, 0.3) is 0 Å². The van der Waals surface area contributed by atoms with Crippen molar-refractivity contribution in [1.82, 2.24) is 4.23 Å². The summed E-state index contributed by atoms with van der Waals surface area (Å²) in [5.41, 5.74) is 0.898. The Morgan fingerprint density at radius 3 is 2.04 bits per heavy atom. The predicted molar refractivity (Wildman–Crippen MR) is 93.5 cm³/mol. The molecule has 0 radical (unpaired) electrons. The van der Waals surface area contributed by atoms with Crippen LogP contribution in [0.1, 0.15) is 59.0 Å². The normalized spacial score (nSPS) is 12.3. The molecular weight excluding hydrogens is 312 g/mol. The molecule has 0 spiro atoms. The van der Waals surface area contributed by atoms with Crippen LogP contribution in [0, 0.1) is 10.1 Å². The van der Waals surface area contributed by atoms with Crippen LogP contribution in [-0.2, 0) is 4.74 Å². The highest BCUT2D eigenvalue weighted by Crippen LogP contribution is 2.44. The van der Waals surface area contributed by atoms with Gasteiger partial charge in [0.05, 0.1) is 11.5 Å². The van der Waals surface area contributed by atoms with Crippen molar-refractivity contribution in [2.45, 2.75) is 65.1 Å². The minimum Gasteiger partial charge on any atom is -0.461 e. The summed E-state index contributed by atoms with van der Waals surface area (Å²) in [6.45, 7) is 14.8. The lowest BCUT2D eigenvalue weighted by Crippen LogP contribution is -2.52. The third-order valence-corrected chi connectivity index (χ3v) is 11.5. The van der Waals surface area contributed by atoms with Crippen LogP contribution in [0.5, 0.6) is 0 Å². The van der Waals surface area contributed by atoms with Gasteiger partial charge in [-0.3, -0.25) is 10.1 Å². The number of rotatable bonds is 7. The lowest BCUT2D eigenvalue weighted by molar-refractivity contribution is -0.385. The summed E-state index contributed by atoms with van der Waals surface area (Å²) in [7, 11) is -2.25. The van der Waals surface area contributed by atoms with E-state index in [1.54, 1.807) is 13.1 Å². The molecule has 0 aliphatic heterocycles. The zero-order chi connectivity index (χ0) is 17.9. The van der Waals surface area contributed by atoms with E-state index in [9.17, 15) is 14.9 Å². The van der Waals surface area contributed by atoms with Gasteiger partial charge in [0.1, 0.15) is 0 Å². The molecule has 0 unspecified atom stereocenters. The molecule has 0 aliphatic rings. The van der Waals surface area contributed by atoms with Gasteiger partial charge in [-0.1, -0.05) is 41.5 Å². The number of esters is 1. The largest absolute Gasteiger partial charge is 0.461 e. The van der Waals surface area contributed by atoms with Crippen LogP contribution in [-0.4, -0.2) is 30.0 Å². The zero-order valence-electron chi connectivity index (χ0n) is 15.1. The fourth-order valence-corrected chi connectivity index (χ4v) is 10.7. The molecule has 0 saturated heterocycles. The number of hydrogen-bond acceptors (Lipinski definition) is 4. The monoisotopic (exact) mass is 340 g/mol. The van der Waals surface area contributed by atoms with Crippen molar-refractivity contribution in [1.29, 1.82) is 0 Å². The molecule has 0 aliphatic carbocycles. The van der Waals surface area contributed by atoms with Crippen molar-refractivity contribution in [3.05, 3.63) is 28.1 Å². The van der Waals surface area contributed by atoms with Crippen molar-refractivity contribution >= 4 is 19.9 Å². The summed E-state index contributed by atoms with van der Waals surface area (Å²) in [4.78, 5) is 23.3. The van der Waals surface area contributed by atoms with Gasteiger partial charge in [-0.25, -0.2) is 4.79 Å². The van der Waals surface area contributed by atoms with Crippen LogP contribution in [0.15, 0.2) is 12.3 Å². The number of ether oxygens (including phenoxy) is 1. The van der Waals surface area contributed by atoms with E-state index in [-0.39, 0.29) is 18.0 Å². The first-order chi connectivity index (χ1) is 10.6.